The van der Waals surface area contributed by atoms with Crippen LogP contribution in [0, 0.1) is 0 Å². The number of allylic oxidation sites excluding steroid dienone is 1. The van der Waals surface area contributed by atoms with Gasteiger partial charge in [-0.2, -0.15) is 0 Å². The van der Waals surface area contributed by atoms with E-state index >= 15 is 0 Å². The Balaban J connectivity index is 2.59. The van der Waals surface area contributed by atoms with Crippen molar-refractivity contribution < 1.29 is 19.0 Å². The number of halogens is 2. The Bertz CT molecular complexity index is 517. The first kappa shape index (κ1) is 16.6. The maximum Gasteiger partial charge on any atom is 0.243 e. The Morgan fingerprint density at radius 1 is 1.38 bits per heavy atom. The van der Waals surface area contributed by atoms with E-state index in [4.69, 9.17) is 37.4 Å². The van der Waals surface area contributed by atoms with E-state index < -0.39 is 16.4 Å². The van der Waals surface area contributed by atoms with E-state index in [9.17, 15) is 4.79 Å². The third-order valence-corrected chi connectivity index (χ3v) is 4.61. The fraction of sp³-hybridized carbons (Fsp3) is 0.571. The van der Waals surface area contributed by atoms with Crippen molar-refractivity contribution in [1.29, 1.82) is 0 Å². The molecule has 21 heavy (non-hydrogen) atoms. The number of morpholine rings is 1. The molecule has 0 amide bonds. The van der Waals surface area contributed by atoms with Crippen molar-refractivity contribution in [1.82, 2.24) is 4.90 Å². The van der Waals surface area contributed by atoms with Crippen molar-refractivity contribution in [2.24, 2.45) is 0 Å². The topological polar surface area (TPSA) is 48.0 Å². The van der Waals surface area contributed by atoms with Crippen LogP contribution >= 0.6 is 23.2 Å². The van der Waals surface area contributed by atoms with Crippen LogP contribution in [0.25, 0.3) is 0 Å². The normalized spacial score (nSPS) is 28.8. The lowest BCUT2D eigenvalue weighted by atomic mass is 9.97. The van der Waals surface area contributed by atoms with E-state index in [1.165, 1.54) is 20.3 Å². The molecule has 0 N–H and O–H groups in total. The van der Waals surface area contributed by atoms with Crippen LogP contribution in [0.5, 0.6) is 0 Å². The number of hydrogen-bond acceptors (Lipinski definition) is 5. The van der Waals surface area contributed by atoms with Gasteiger partial charge in [0.2, 0.25) is 11.6 Å². The SMILES string of the molecule is C=C=CC1(Cl)C(=O)C(Cl)=C(N2CCOCC2)C1(OC)OC. The number of hydrogen-bond donors (Lipinski definition) is 0. The van der Waals surface area contributed by atoms with Crippen molar-refractivity contribution in [2.45, 2.75) is 10.7 Å². The Morgan fingerprint density at radius 3 is 2.43 bits per heavy atom. The molecule has 1 saturated heterocycles. The summed E-state index contributed by atoms with van der Waals surface area (Å²) in [5.74, 6) is -2.02. The summed E-state index contributed by atoms with van der Waals surface area (Å²) in [7, 11) is 2.83. The predicted molar refractivity (Wildman–Crippen MR) is 79.3 cm³/mol. The fourth-order valence-electron chi connectivity index (χ4n) is 2.74. The van der Waals surface area contributed by atoms with Crippen molar-refractivity contribution >= 4 is 29.0 Å². The minimum Gasteiger partial charge on any atom is -0.378 e. The van der Waals surface area contributed by atoms with Gasteiger partial charge in [-0.05, 0) is 6.08 Å². The summed E-state index contributed by atoms with van der Waals surface area (Å²) in [5.41, 5.74) is 2.95. The molecule has 1 atom stereocenters. The second-order valence-corrected chi connectivity index (χ2v) is 5.65. The molecule has 7 heteroatoms. The fourth-order valence-corrected chi connectivity index (χ4v) is 3.60. The molecular weight excluding hydrogens is 317 g/mol. The second kappa shape index (κ2) is 6.13. The summed E-state index contributed by atoms with van der Waals surface area (Å²) in [6, 6.07) is 0. The smallest absolute Gasteiger partial charge is 0.243 e. The van der Waals surface area contributed by atoms with Crippen LogP contribution in [0.1, 0.15) is 0 Å². The number of rotatable bonds is 4. The molecule has 1 fully saturated rings. The van der Waals surface area contributed by atoms with E-state index in [0.717, 1.165) is 0 Å². The standard InChI is InChI=1S/C14H17Cl2NO4/c1-4-5-13(16)12(18)10(15)11(14(13,19-2)20-3)17-6-8-21-9-7-17/h5H,1,6-9H2,2-3H3. The van der Waals surface area contributed by atoms with Crippen LogP contribution in [0.2, 0.25) is 0 Å². The number of carbonyl (C=O) groups is 1. The molecule has 0 bridgehead atoms. The third-order valence-electron chi connectivity index (χ3n) is 3.73. The first-order valence-corrected chi connectivity index (χ1v) is 7.18. The van der Waals surface area contributed by atoms with Gasteiger partial charge in [0, 0.05) is 27.3 Å². The molecule has 1 unspecified atom stereocenters. The summed E-state index contributed by atoms with van der Waals surface area (Å²) < 4.78 is 16.4. The van der Waals surface area contributed by atoms with E-state index in [0.29, 0.717) is 32.0 Å². The lowest BCUT2D eigenvalue weighted by Crippen LogP contribution is -2.57. The molecule has 1 aliphatic carbocycles. The quantitative estimate of drug-likeness (QED) is 0.445. The Kier molecular flexibility index (Phi) is 4.83. The van der Waals surface area contributed by atoms with Crippen LogP contribution in [-0.2, 0) is 19.0 Å². The van der Waals surface area contributed by atoms with Gasteiger partial charge in [-0.1, -0.05) is 29.8 Å². The van der Waals surface area contributed by atoms with Crippen molar-refractivity contribution in [3.05, 3.63) is 29.1 Å². The molecule has 5 nitrogen and oxygen atoms in total. The molecule has 0 spiro atoms. The predicted octanol–water partition coefficient (Wildman–Crippen LogP) is 1.66. The summed E-state index contributed by atoms with van der Waals surface area (Å²) in [5, 5.41) is 0.00194. The van der Waals surface area contributed by atoms with Crippen LogP contribution in [-0.4, -0.2) is 61.9 Å². The average molecular weight is 334 g/mol. The van der Waals surface area contributed by atoms with Gasteiger partial charge in [0.1, 0.15) is 5.03 Å². The van der Waals surface area contributed by atoms with Crippen molar-refractivity contribution in [3.63, 3.8) is 0 Å². The summed E-state index contributed by atoms with van der Waals surface area (Å²) in [6.45, 7) is 5.66. The third kappa shape index (κ3) is 2.25. The molecule has 1 heterocycles. The molecule has 0 aromatic rings. The van der Waals surface area contributed by atoms with Crippen LogP contribution in [0.4, 0.5) is 0 Å². The van der Waals surface area contributed by atoms with Gasteiger partial charge < -0.3 is 19.1 Å². The van der Waals surface area contributed by atoms with Gasteiger partial charge >= 0.3 is 0 Å². The van der Waals surface area contributed by atoms with Gasteiger partial charge in [-0.15, -0.1) is 5.73 Å². The summed E-state index contributed by atoms with van der Waals surface area (Å²) in [6.07, 6.45) is 1.32. The van der Waals surface area contributed by atoms with Gasteiger partial charge in [0.05, 0.1) is 18.9 Å². The van der Waals surface area contributed by atoms with E-state index in [1.54, 1.807) is 0 Å². The first-order chi connectivity index (χ1) is 9.98. The van der Waals surface area contributed by atoms with Gasteiger partial charge in [0.15, 0.2) is 4.87 Å². The van der Waals surface area contributed by atoms with Gasteiger partial charge in [0.25, 0.3) is 0 Å². The highest BCUT2D eigenvalue weighted by molar-refractivity contribution is 6.53. The first-order valence-electron chi connectivity index (χ1n) is 6.42. The number of ether oxygens (including phenoxy) is 3. The maximum absolute atomic E-state index is 12.6. The molecule has 116 valence electrons. The number of methoxy groups -OCH3 is 2. The molecule has 0 aromatic carbocycles. The molecule has 0 saturated carbocycles. The minimum atomic E-state index is -1.64. The number of alkyl halides is 1. The summed E-state index contributed by atoms with van der Waals surface area (Å²) >= 11 is 12.8. The number of nitrogens with zero attached hydrogens (tertiary/aromatic N) is 1. The zero-order chi connectivity index (χ0) is 15.7. The lowest BCUT2D eigenvalue weighted by molar-refractivity contribution is -0.201. The summed E-state index contributed by atoms with van der Waals surface area (Å²) in [4.78, 5) is 12.8. The highest BCUT2D eigenvalue weighted by Crippen LogP contribution is 2.51. The molecule has 0 radical (unpaired) electrons. The van der Waals surface area contributed by atoms with Gasteiger partial charge in [-0.25, -0.2) is 0 Å². The number of Topliss-reactive ketones (excluding diaryl/α,β-unsaturated/α-hetero) is 1. The van der Waals surface area contributed by atoms with E-state index in [1.807, 2.05) is 4.90 Å². The van der Waals surface area contributed by atoms with Crippen LogP contribution in [0.15, 0.2) is 29.1 Å². The largest absolute Gasteiger partial charge is 0.378 e. The molecule has 0 aromatic heterocycles. The Hall–Kier alpha value is -0.810. The number of ketones is 1. The van der Waals surface area contributed by atoms with Crippen molar-refractivity contribution in [2.75, 3.05) is 40.5 Å². The van der Waals surface area contributed by atoms with E-state index in [-0.39, 0.29) is 5.03 Å². The maximum atomic E-state index is 12.6. The van der Waals surface area contributed by atoms with Crippen LogP contribution < -0.4 is 0 Å². The van der Waals surface area contributed by atoms with Gasteiger partial charge in [-0.3, -0.25) is 4.79 Å². The van der Waals surface area contributed by atoms with Crippen LogP contribution in [0.3, 0.4) is 0 Å². The lowest BCUT2D eigenvalue weighted by Gasteiger charge is -2.42. The zero-order valence-electron chi connectivity index (χ0n) is 11.9. The minimum absolute atomic E-state index is 0.00194. The Labute approximate surface area is 133 Å². The zero-order valence-corrected chi connectivity index (χ0v) is 13.5. The highest BCUT2D eigenvalue weighted by Gasteiger charge is 2.66. The second-order valence-electron chi connectivity index (χ2n) is 4.68. The Morgan fingerprint density at radius 2 is 1.95 bits per heavy atom. The number of carbonyl (C=O) groups excluding carboxylic acids is 1. The average Bonchev–Trinajstić information content (AvgIpc) is 2.67. The molecular formula is C14H17Cl2NO4. The molecule has 2 rings (SSSR count). The molecule has 1 aliphatic heterocycles. The highest BCUT2D eigenvalue weighted by atomic mass is 35.5. The molecule has 2 aliphatic rings. The van der Waals surface area contributed by atoms with E-state index in [2.05, 4.69) is 12.3 Å². The van der Waals surface area contributed by atoms with Crippen molar-refractivity contribution in [3.8, 4) is 0 Å². The monoisotopic (exact) mass is 333 g/mol.